The molecule has 0 saturated carbocycles. The highest BCUT2D eigenvalue weighted by Gasteiger charge is 2.27. The summed E-state index contributed by atoms with van der Waals surface area (Å²) in [5.74, 6) is -1.48. The van der Waals surface area contributed by atoms with E-state index in [0.717, 1.165) is 4.31 Å². The van der Waals surface area contributed by atoms with Gasteiger partial charge in [-0.1, -0.05) is 12.1 Å². The van der Waals surface area contributed by atoms with Gasteiger partial charge >= 0.3 is 5.97 Å². The molecule has 0 aliphatic rings. The first-order valence-corrected chi connectivity index (χ1v) is 7.57. The summed E-state index contributed by atoms with van der Waals surface area (Å²) in [7, 11) is -3.72. The van der Waals surface area contributed by atoms with Gasteiger partial charge in [-0.25, -0.2) is 8.42 Å². The lowest BCUT2D eigenvalue weighted by Gasteiger charge is -2.24. The Kier molecular flexibility index (Phi) is 5.25. The van der Waals surface area contributed by atoms with Gasteiger partial charge in [-0.05, 0) is 31.5 Å². The van der Waals surface area contributed by atoms with E-state index < -0.39 is 28.6 Å². The second-order valence-corrected chi connectivity index (χ2v) is 6.52. The van der Waals surface area contributed by atoms with E-state index in [1.54, 1.807) is 26.0 Å². The van der Waals surface area contributed by atoms with Crippen molar-refractivity contribution in [3.63, 3.8) is 0 Å². The number of hydrogen-bond acceptors (Lipinski definition) is 4. The lowest BCUT2D eigenvalue weighted by Crippen LogP contribution is -2.41. The van der Waals surface area contributed by atoms with E-state index in [2.05, 4.69) is 0 Å². The minimum absolute atomic E-state index is 0.288. The van der Waals surface area contributed by atoms with Crippen LogP contribution in [0.2, 0.25) is 0 Å². The van der Waals surface area contributed by atoms with Gasteiger partial charge in [-0.3, -0.25) is 4.79 Å². The van der Waals surface area contributed by atoms with Crippen LogP contribution in [-0.4, -0.2) is 36.4 Å². The van der Waals surface area contributed by atoms with E-state index in [9.17, 15) is 13.2 Å². The Morgan fingerprint density at radius 3 is 2.30 bits per heavy atom. The van der Waals surface area contributed by atoms with Crippen LogP contribution in [0, 0.1) is 11.3 Å². The maximum Gasteiger partial charge on any atom is 0.318 e. The average Bonchev–Trinajstić information content (AvgIpc) is 2.35. The second kappa shape index (κ2) is 6.50. The maximum absolute atomic E-state index is 12.2. The topological polar surface area (TPSA) is 98.5 Å². The Bertz CT molecular complexity index is 615. The zero-order chi connectivity index (χ0) is 15.3. The number of rotatable bonds is 6. The van der Waals surface area contributed by atoms with Crippen molar-refractivity contribution in [1.29, 1.82) is 5.26 Å². The van der Waals surface area contributed by atoms with Crippen LogP contribution >= 0.6 is 0 Å². The molecular formula is C13H16N2O4S. The molecule has 1 rings (SSSR count). The minimum Gasteiger partial charge on any atom is -0.480 e. The van der Waals surface area contributed by atoms with E-state index >= 15 is 0 Å². The van der Waals surface area contributed by atoms with E-state index in [-0.39, 0.29) is 5.75 Å². The lowest BCUT2D eigenvalue weighted by molar-refractivity contribution is -0.137. The molecule has 0 fully saturated rings. The van der Waals surface area contributed by atoms with Crippen molar-refractivity contribution >= 4 is 16.0 Å². The normalized spacial score (nSPS) is 11.6. The van der Waals surface area contributed by atoms with E-state index in [0.29, 0.717) is 11.1 Å². The fraction of sp³-hybridized carbons (Fsp3) is 0.385. The number of carbonyl (C=O) groups is 1. The first kappa shape index (κ1) is 16.1. The van der Waals surface area contributed by atoms with Crippen molar-refractivity contribution in [3.05, 3.63) is 35.4 Å². The van der Waals surface area contributed by atoms with Gasteiger partial charge in [-0.15, -0.1) is 0 Å². The summed E-state index contributed by atoms with van der Waals surface area (Å²) < 4.78 is 25.4. The molecule has 0 heterocycles. The van der Waals surface area contributed by atoms with Crippen molar-refractivity contribution < 1.29 is 18.3 Å². The van der Waals surface area contributed by atoms with Gasteiger partial charge in [0.25, 0.3) is 0 Å². The molecule has 1 N–H and O–H groups in total. The molecule has 0 amide bonds. The van der Waals surface area contributed by atoms with Crippen LogP contribution in [0.15, 0.2) is 24.3 Å². The molecule has 6 nitrogen and oxygen atoms in total. The molecule has 0 aliphatic carbocycles. The standard InChI is InChI=1S/C13H16N2O4S/c1-10(2)15(8-13(16)17)20(18,19)9-12-5-3-11(7-14)4-6-12/h3-6,10H,8-9H2,1-2H3,(H,16,17). The fourth-order valence-electron chi connectivity index (χ4n) is 1.70. The molecule has 0 aliphatic heterocycles. The lowest BCUT2D eigenvalue weighted by atomic mass is 10.2. The molecule has 0 atom stereocenters. The van der Waals surface area contributed by atoms with Crippen molar-refractivity contribution in [2.45, 2.75) is 25.6 Å². The SMILES string of the molecule is CC(C)N(CC(=O)O)S(=O)(=O)Cc1ccc(C#N)cc1. The molecule has 0 spiro atoms. The predicted molar refractivity (Wildman–Crippen MR) is 73.3 cm³/mol. The number of sulfonamides is 1. The van der Waals surface area contributed by atoms with E-state index in [1.807, 2.05) is 6.07 Å². The monoisotopic (exact) mass is 296 g/mol. The largest absolute Gasteiger partial charge is 0.480 e. The number of hydrogen-bond donors (Lipinski definition) is 1. The third kappa shape index (κ3) is 4.33. The molecule has 108 valence electrons. The quantitative estimate of drug-likeness (QED) is 0.850. The molecule has 1 aromatic carbocycles. The van der Waals surface area contributed by atoms with Crippen LogP contribution in [0.1, 0.15) is 25.0 Å². The number of nitriles is 1. The molecule has 0 aromatic heterocycles. The van der Waals surface area contributed by atoms with E-state index in [1.165, 1.54) is 12.1 Å². The van der Waals surface area contributed by atoms with Gasteiger partial charge in [-0.2, -0.15) is 9.57 Å². The first-order chi connectivity index (χ1) is 9.26. The number of benzene rings is 1. The second-order valence-electron chi connectivity index (χ2n) is 4.60. The molecule has 7 heteroatoms. The smallest absolute Gasteiger partial charge is 0.318 e. The number of nitrogens with zero attached hydrogens (tertiary/aromatic N) is 2. The Morgan fingerprint density at radius 1 is 1.35 bits per heavy atom. The highest BCUT2D eigenvalue weighted by Crippen LogP contribution is 2.14. The Morgan fingerprint density at radius 2 is 1.90 bits per heavy atom. The molecule has 0 bridgehead atoms. The third-order valence-corrected chi connectivity index (χ3v) is 4.62. The van der Waals surface area contributed by atoms with Crippen LogP contribution in [0.3, 0.4) is 0 Å². The maximum atomic E-state index is 12.2. The summed E-state index contributed by atoms with van der Waals surface area (Å²) in [5.41, 5.74) is 0.956. The molecule has 0 unspecified atom stereocenters. The first-order valence-electron chi connectivity index (χ1n) is 5.96. The summed E-state index contributed by atoms with van der Waals surface area (Å²) in [6, 6.07) is 7.67. The molecule has 20 heavy (non-hydrogen) atoms. The molecular weight excluding hydrogens is 280 g/mol. The predicted octanol–water partition coefficient (Wildman–Crippen LogP) is 1.18. The minimum atomic E-state index is -3.72. The van der Waals surface area contributed by atoms with Crippen molar-refractivity contribution in [2.24, 2.45) is 0 Å². The Labute approximate surface area is 118 Å². The highest BCUT2D eigenvalue weighted by molar-refractivity contribution is 7.88. The molecule has 0 saturated heterocycles. The number of carboxylic acid groups (broad SMARTS) is 1. The Hall–Kier alpha value is -1.91. The van der Waals surface area contributed by atoms with Gasteiger partial charge in [0.15, 0.2) is 0 Å². The zero-order valence-electron chi connectivity index (χ0n) is 11.3. The van der Waals surface area contributed by atoms with Crippen LogP contribution in [-0.2, 0) is 20.6 Å². The van der Waals surface area contributed by atoms with Crippen LogP contribution in [0.5, 0.6) is 0 Å². The van der Waals surface area contributed by atoms with Crippen molar-refractivity contribution in [3.8, 4) is 6.07 Å². The Balaban J connectivity index is 2.96. The molecule has 0 radical (unpaired) electrons. The summed E-state index contributed by atoms with van der Waals surface area (Å²) >= 11 is 0. The van der Waals surface area contributed by atoms with Crippen molar-refractivity contribution in [1.82, 2.24) is 4.31 Å². The zero-order valence-corrected chi connectivity index (χ0v) is 12.1. The van der Waals surface area contributed by atoms with Gasteiger partial charge in [0.05, 0.1) is 17.4 Å². The van der Waals surface area contributed by atoms with Gasteiger partial charge in [0.1, 0.15) is 6.54 Å². The van der Waals surface area contributed by atoms with Crippen LogP contribution in [0.4, 0.5) is 0 Å². The number of carboxylic acids is 1. The van der Waals surface area contributed by atoms with Gasteiger partial charge in [0.2, 0.25) is 10.0 Å². The summed E-state index contributed by atoms with van der Waals surface area (Å²) in [6.07, 6.45) is 0. The highest BCUT2D eigenvalue weighted by atomic mass is 32.2. The summed E-state index contributed by atoms with van der Waals surface area (Å²) in [5, 5.41) is 17.5. The van der Waals surface area contributed by atoms with Gasteiger partial charge < -0.3 is 5.11 Å². The fourth-order valence-corrected chi connectivity index (χ4v) is 3.43. The van der Waals surface area contributed by atoms with Crippen molar-refractivity contribution in [2.75, 3.05) is 6.54 Å². The van der Waals surface area contributed by atoms with E-state index in [4.69, 9.17) is 10.4 Å². The summed E-state index contributed by atoms with van der Waals surface area (Å²) in [6.45, 7) is 2.69. The van der Waals surface area contributed by atoms with Crippen LogP contribution in [0.25, 0.3) is 0 Å². The third-order valence-electron chi connectivity index (χ3n) is 2.66. The number of aliphatic carboxylic acids is 1. The summed E-state index contributed by atoms with van der Waals surface area (Å²) in [4.78, 5) is 10.8. The average molecular weight is 296 g/mol. The molecule has 1 aromatic rings. The van der Waals surface area contributed by atoms with Crippen LogP contribution < -0.4 is 0 Å². The van der Waals surface area contributed by atoms with Gasteiger partial charge in [0, 0.05) is 6.04 Å².